The van der Waals surface area contributed by atoms with E-state index in [1.165, 1.54) is 13.3 Å². The minimum atomic E-state index is -4.75. The molecule has 0 radical (unpaired) electrons. The fourth-order valence-corrected chi connectivity index (χ4v) is 4.98. The second kappa shape index (κ2) is 11.2. The first kappa shape index (κ1) is 27.7. The molecule has 4 rings (SSSR count). The Morgan fingerprint density at radius 3 is 2.33 bits per heavy atom. The van der Waals surface area contributed by atoms with Crippen molar-refractivity contribution in [3.63, 3.8) is 0 Å². The molecule has 0 bridgehead atoms. The third-order valence-electron chi connectivity index (χ3n) is 6.90. The van der Waals surface area contributed by atoms with Crippen LogP contribution in [-0.4, -0.2) is 35.0 Å². The van der Waals surface area contributed by atoms with Crippen LogP contribution < -0.4 is 5.32 Å². The number of anilines is 1. The maximum absolute atomic E-state index is 14.3. The summed E-state index contributed by atoms with van der Waals surface area (Å²) in [6, 6.07) is 10.4. The second-order valence-electron chi connectivity index (χ2n) is 9.27. The van der Waals surface area contributed by atoms with E-state index < -0.39 is 58.8 Å². The third kappa shape index (κ3) is 6.08. The van der Waals surface area contributed by atoms with Gasteiger partial charge in [0.1, 0.15) is 5.82 Å². The highest BCUT2D eigenvalue weighted by Crippen LogP contribution is 2.43. The molecule has 204 valence electrons. The lowest BCUT2D eigenvalue weighted by molar-refractivity contribution is -0.148. The minimum absolute atomic E-state index is 0.228. The Morgan fingerprint density at radius 1 is 1.00 bits per heavy atom. The third-order valence-corrected chi connectivity index (χ3v) is 6.90. The molecule has 1 amide bonds. The van der Waals surface area contributed by atoms with E-state index in [0.29, 0.717) is 30.0 Å². The van der Waals surface area contributed by atoms with Gasteiger partial charge in [0.25, 0.3) is 0 Å². The Bertz CT molecular complexity index is 1390. The molecule has 39 heavy (non-hydrogen) atoms. The van der Waals surface area contributed by atoms with E-state index >= 15 is 0 Å². The van der Waals surface area contributed by atoms with Crippen LogP contribution in [0.1, 0.15) is 46.7 Å². The van der Waals surface area contributed by atoms with Crippen molar-refractivity contribution in [3.8, 4) is 11.1 Å². The molecule has 1 aliphatic rings. The molecule has 0 spiro atoms. The van der Waals surface area contributed by atoms with E-state index in [1.54, 1.807) is 36.5 Å². The molecule has 0 unspecified atom stereocenters. The van der Waals surface area contributed by atoms with Gasteiger partial charge in [-0.15, -0.1) is 0 Å². The van der Waals surface area contributed by atoms with Crippen LogP contribution in [0.5, 0.6) is 0 Å². The molecule has 2 N–H and O–H groups in total. The number of esters is 1. The fraction of sp³-hybridized carbons (Fsp3) is 0.286. The molecule has 2 aromatic carbocycles. The summed E-state index contributed by atoms with van der Waals surface area (Å²) < 4.78 is 57.6. The number of alkyl halides is 3. The zero-order chi connectivity index (χ0) is 28.3. The number of aliphatic carboxylic acids is 1. The van der Waals surface area contributed by atoms with E-state index in [9.17, 15) is 37.1 Å². The molecule has 3 atom stereocenters. The van der Waals surface area contributed by atoms with Crippen molar-refractivity contribution in [1.29, 1.82) is 0 Å². The highest BCUT2D eigenvalue weighted by Gasteiger charge is 2.43. The Kier molecular flexibility index (Phi) is 7.98. The van der Waals surface area contributed by atoms with Gasteiger partial charge in [0.2, 0.25) is 5.91 Å². The van der Waals surface area contributed by atoms with Crippen molar-refractivity contribution in [2.24, 2.45) is 11.8 Å². The summed E-state index contributed by atoms with van der Waals surface area (Å²) in [6.45, 7) is 0. The number of hydrogen-bond donors (Lipinski definition) is 2. The number of carbonyl (C=O) groups excluding carboxylic acids is 2. The van der Waals surface area contributed by atoms with E-state index in [1.807, 2.05) is 0 Å². The largest absolute Gasteiger partial charge is 0.481 e. The number of halogens is 4. The van der Waals surface area contributed by atoms with Gasteiger partial charge in [-0.2, -0.15) is 13.2 Å². The highest BCUT2D eigenvalue weighted by molar-refractivity contribution is 5.95. The van der Waals surface area contributed by atoms with Crippen LogP contribution in [0.15, 0.2) is 60.9 Å². The minimum Gasteiger partial charge on any atom is -0.481 e. The highest BCUT2D eigenvalue weighted by atomic mass is 19.4. The summed E-state index contributed by atoms with van der Waals surface area (Å²) >= 11 is 0. The number of methoxy groups -OCH3 is 1. The van der Waals surface area contributed by atoms with Gasteiger partial charge < -0.3 is 15.2 Å². The number of pyridine rings is 1. The predicted octanol–water partition coefficient (Wildman–Crippen LogP) is 5.92. The first-order valence-corrected chi connectivity index (χ1v) is 12.0. The summed E-state index contributed by atoms with van der Waals surface area (Å²) in [5, 5.41) is 12.3. The number of ether oxygens (including phenoxy) is 1. The SMILES string of the molecule is COC(=O)c1cncc(-c2ccc([C@H]3CCC[C@@H](C(=O)Nc4ccc(C(F)(F)F)cc4F)[C@@H]3C(=O)O)cc2)c1. The summed E-state index contributed by atoms with van der Waals surface area (Å²) in [5.41, 5.74) is 0.685. The van der Waals surface area contributed by atoms with Crippen LogP contribution in [0.3, 0.4) is 0 Å². The molecule has 11 heteroatoms. The van der Waals surface area contributed by atoms with Gasteiger partial charge in [-0.05, 0) is 54.2 Å². The van der Waals surface area contributed by atoms with Gasteiger partial charge in [0.05, 0.1) is 35.8 Å². The fourth-order valence-electron chi connectivity index (χ4n) is 4.98. The van der Waals surface area contributed by atoms with Gasteiger partial charge in [-0.3, -0.25) is 14.6 Å². The summed E-state index contributed by atoms with van der Waals surface area (Å²) in [6.07, 6.45) is -0.549. The number of aromatic nitrogens is 1. The van der Waals surface area contributed by atoms with Crippen LogP contribution in [0.25, 0.3) is 11.1 Å². The van der Waals surface area contributed by atoms with Crippen molar-refractivity contribution in [1.82, 2.24) is 4.98 Å². The maximum atomic E-state index is 14.3. The van der Waals surface area contributed by atoms with Crippen LogP contribution in [0.4, 0.5) is 23.2 Å². The zero-order valence-electron chi connectivity index (χ0n) is 20.7. The Balaban J connectivity index is 1.55. The Morgan fingerprint density at radius 2 is 1.72 bits per heavy atom. The van der Waals surface area contributed by atoms with Gasteiger partial charge in [-0.25, -0.2) is 9.18 Å². The molecule has 1 heterocycles. The number of nitrogens with zero attached hydrogens (tertiary/aromatic N) is 1. The van der Waals surface area contributed by atoms with Crippen molar-refractivity contribution >= 4 is 23.5 Å². The molecular formula is C28H24F4N2O5. The Hall–Kier alpha value is -4.28. The number of hydrogen-bond acceptors (Lipinski definition) is 5. The van der Waals surface area contributed by atoms with Gasteiger partial charge in [-0.1, -0.05) is 30.7 Å². The van der Waals surface area contributed by atoms with Gasteiger partial charge in [0.15, 0.2) is 0 Å². The standard InChI is InChI=1S/C28H24F4N2O5/c1-39-27(38)18-11-17(13-33-14-18)15-5-7-16(8-6-15)20-3-2-4-21(24(20)26(36)37)25(35)34-23-10-9-19(12-22(23)29)28(30,31)32/h5-14,20-21,24H,2-4H2,1H3,(H,34,35)(H,36,37)/t20-,21-,24-/m1/s1. The van der Waals surface area contributed by atoms with Crippen LogP contribution >= 0.6 is 0 Å². The number of nitrogens with one attached hydrogen (secondary N) is 1. The molecule has 1 aromatic heterocycles. The summed E-state index contributed by atoms with van der Waals surface area (Å²) in [5.74, 6) is -6.46. The van der Waals surface area contributed by atoms with Crippen molar-refractivity contribution in [3.05, 3.63) is 83.4 Å². The summed E-state index contributed by atoms with van der Waals surface area (Å²) in [4.78, 5) is 41.2. The molecule has 1 saturated carbocycles. The second-order valence-corrected chi connectivity index (χ2v) is 9.27. The van der Waals surface area contributed by atoms with Crippen LogP contribution in [0.2, 0.25) is 0 Å². The van der Waals surface area contributed by atoms with Crippen molar-refractivity contribution in [2.45, 2.75) is 31.4 Å². The van der Waals surface area contributed by atoms with Gasteiger partial charge >= 0.3 is 18.1 Å². The lowest BCUT2D eigenvalue weighted by atomic mass is 9.69. The number of carboxylic acid groups (broad SMARTS) is 1. The first-order valence-electron chi connectivity index (χ1n) is 12.0. The van der Waals surface area contributed by atoms with Crippen LogP contribution in [-0.2, 0) is 20.5 Å². The Labute approximate surface area is 220 Å². The smallest absolute Gasteiger partial charge is 0.416 e. The molecule has 3 aromatic rings. The normalized spacial score (nSPS) is 19.3. The molecule has 0 aliphatic heterocycles. The molecular weight excluding hydrogens is 520 g/mol. The van der Waals surface area contributed by atoms with E-state index in [4.69, 9.17) is 4.74 Å². The van der Waals surface area contributed by atoms with E-state index in [2.05, 4.69) is 10.3 Å². The first-order chi connectivity index (χ1) is 18.5. The average molecular weight is 545 g/mol. The molecule has 0 saturated heterocycles. The van der Waals surface area contributed by atoms with Crippen molar-refractivity contribution in [2.75, 3.05) is 12.4 Å². The number of benzene rings is 2. The van der Waals surface area contributed by atoms with Crippen molar-refractivity contribution < 1.29 is 41.8 Å². The quantitative estimate of drug-likeness (QED) is 0.295. The van der Waals surface area contributed by atoms with E-state index in [-0.39, 0.29) is 18.1 Å². The number of carbonyl (C=O) groups is 3. The molecule has 1 aliphatic carbocycles. The maximum Gasteiger partial charge on any atom is 0.416 e. The van der Waals surface area contributed by atoms with E-state index in [0.717, 1.165) is 11.6 Å². The van der Waals surface area contributed by atoms with Gasteiger partial charge in [0, 0.05) is 18.0 Å². The lowest BCUT2D eigenvalue weighted by Gasteiger charge is -2.35. The zero-order valence-corrected chi connectivity index (χ0v) is 20.7. The summed E-state index contributed by atoms with van der Waals surface area (Å²) in [7, 11) is 1.26. The van der Waals surface area contributed by atoms with Crippen LogP contribution in [0, 0.1) is 17.7 Å². The lowest BCUT2D eigenvalue weighted by Crippen LogP contribution is -2.40. The topological polar surface area (TPSA) is 106 Å². The number of carboxylic acids is 1. The monoisotopic (exact) mass is 544 g/mol. The molecule has 7 nitrogen and oxygen atoms in total. The average Bonchev–Trinajstić information content (AvgIpc) is 2.92. The number of rotatable bonds is 6. The molecule has 1 fully saturated rings. The predicted molar refractivity (Wildman–Crippen MR) is 132 cm³/mol. The number of amides is 1.